The van der Waals surface area contributed by atoms with Gasteiger partial charge in [-0.15, -0.1) is 0 Å². The van der Waals surface area contributed by atoms with Crippen LogP contribution >= 0.6 is 0 Å². The summed E-state index contributed by atoms with van der Waals surface area (Å²) < 4.78 is 12.6. The van der Waals surface area contributed by atoms with E-state index in [0.717, 1.165) is 18.8 Å². The van der Waals surface area contributed by atoms with E-state index in [9.17, 15) is 4.39 Å². The SMILES string of the molecule is CCCCCCCCCCNc1ccc(F)cn1. The van der Waals surface area contributed by atoms with Crippen LogP contribution in [0.2, 0.25) is 0 Å². The molecule has 0 amide bonds. The summed E-state index contributed by atoms with van der Waals surface area (Å²) in [6.07, 6.45) is 11.8. The van der Waals surface area contributed by atoms with Crippen LogP contribution < -0.4 is 5.32 Å². The fourth-order valence-electron chi connectivity index (χ4n) is 1.96. The molecule has 0 aliphatic heterocycles. The monoisotopic (exact) mass is 252 g/mol. The largest absolute Gasteiger partial charge is 0.370 e. The van der Waals surface area contributed by atoms with Crippen molar-refractivity contribution in [2.45, 2.75) is 58.3 Å². The summed E-state index contributed by atoms with van der Waals surface area (Å²) in [5, 5.41) is 3.21. The quantitative estimate of drug-likeness (QED) is 0.606. The van der Waals surface area contributed by atoms with Crippen molar-refractivity contribution < 1.29 is 4.39 Å². The van der Waals surface area contributed by atoms with Gasteiger partial charge in [-0.1, -0.05) is 51.9 Å². The molecule has 0 fully saturated rings. The van der Waals surface area contributed by atoms with Crippen LogP contribution in [-0.4, -0.2) is 11.5 Å². The van der Waals surface area contributed by atoms with Crippen LogP contribution in [0.15, 0.2) is 18.3 Å². The lowest BCUT2D eigenvalue weighted by molar-refractivity contribution is 0.581. The Balaban J connectivity index is 1.91. The Morgan fingerprint density at radius 2 is 1.67 bits per heavy atom. The van der Waals surface area contributed by atoms with Gasteiger partial charge in [0.05, 0.1) is 6.20 Å². The molecule has 1 aromatic rings. The van der Waals surface area contributed by atoms with Crippen LogP contribution in [0.5, 0.6) is 0 Å². The number of nitrogens with one attached hydrogen (secondary N) is 1. The van der Waals surface area contributed by atoms with Crippen molar-refractivity contribution >= 4 is 5.82 Å². The van der Waals surface area contributed by atoms with Gasteiger partial charge in [0.25, 0.3) is 0 Å². The fraction of sp³-hybridized carbons (Fsp3) is 0.667. The summed E-state index contributed by atoms with van der Waals surface area (Å²) in [6, 6.07) is 3.11. The molecule has 2 nitrogen and oxygen atoms in total. The number of hydrogen-bond donors (Lipinski definition) is 1. The molecule has 0 spiro atoms. The first-order valence-electron chi connectivity index (χ1n) is 7.18. The Bertz CT molecular complexity index is 298. The number of rotatable bonds is 10. The lowest BCUT2D eigenvalue weighted by Gasteiger charge is -2.05. The maximum absolute atomic E-state index is 12.6. The van der Waals surface area contributed by atoms with E-state index in [0.29, 0.717) is 0 Å². The standard InChI is InChI=1S/C15H25FN2/c1-2-3-4-5-6-7-8-9-12-17-15-11-10-14(16)13-18-15/h10-11,13H,2-9,12H2,1H3,(H,17,18). The number of hydrogen-bond acceptors (Lipinski definition) is 2. The predicted molar refractivity (Wildman–Crippen MR) is 75.3 cm³/mol. The third-order valence-electron chi connectivity index (χ3n) is 3.06. The third-order valence-corrected chi connectivity index (χ3v) is 3.06. The molecule has 0 aromatic carbocycles. The Labute approximate surface area is 110 Å². The number of aromatic nitrogens is 1. The molecule has 0 atom stereocenters. The summed E-state index contributed by atoms with van der Waals surface area (Å²) >= 11 is 0. The highest BCUT2D eigenvalue weighted by Crippen LogP contribution is 2.09. The molecule has 18 heavy (non-hydrogen) atoms. The van der Waals surface area contributed by atoms with Gasteiger partial charge in [0.1, 0.15) is 11.6 Å². The van der Waals surface area contributed by atoms with Crippen LogP contribution in [0.4, 0.5) is 10.2 Å². The van der Waals surface area contributed by atoms with Crippen LogP contribution in [0.3, 0.4) is 0 Å². The average molecular weight is 252 g/mol. The fourth-order valence-corrected chi connectivity index (χ4v) is 1.96. The van der Waals surface area contributed by atoms with E-state index >= 15 is 0 Å². The van der Waals surface area contributed by atoms with Crippen molar-refractivity contribution in [2.75, 3.05) is 11.9 Å². The molecule has 1 aromatic heterocycles. The van der Waals surface area contributed by atoms with Crippen LogP contribution in [0.25, 0.3) is 0 Å². The zero-order valence-corrected chi connectivity index (χ0v) is 11.4. The Hall–Kier alpha value is -1.12. The van der Waals surface area contributed by atoms with Gasteiger partial charge in [0.2, 0.25) is 0 Å². The van der Waals surface area contributed by atoms with Crippen molar-refractivity contribution in [3.63, 3.8) is 0 Å². The zero-order valence-electron chi connectivity index (χ0n) is 11.4. The minimum Gasteiger partial charge on any atom is -0.370 e. The number of nitrogens with zero attached hydrogens (tertiary/aromatic N) is 1. The summed E-state index contributed by atoms with van der Waals surface area (Å²) in [6.45, 7) is 3.17. The first-order chi connectivity index (χ1) is 8.83. The zero-order chi connectivity index (χ0) is 13.1. The molecule has 1 N–H and O–H groups in total. The van der Waals surface area contributed by atoms with Gasteiger partial charge in [0.15, 0.2) is 0 Å². The number of pyridine rings is 1. The maximum atomic E-state index is 12.6. The van der Waals surface area contributed by atoms with Gasteiger partial charge in [-0.2, -0.15) is 0 Å². The van der Waals surface area contributed by atoms with E-state index in [1.54, 1.807) is 6.07 Å². The molecule has 0 bridgehead atoms. The number of unbranched alkanes of at least 4 members (excludes halogenated alkanes) is 7. The molecule has 0 saturated carbocycles. The van der Waals surface area contributed by atoms with Gasteiger partial charge >= 0.3 is 0 Å². The predicted octanol–water partition coefficient (Wildman–Crippen LogP) is 4.77. The van der Waals surface area contributed by atoms with Crippen molar-refractivity contribution in [3.8, 4) is 0 Å². The second-order valence-corrected chi connectivity index (χ2v) is 4.76. The van der Waals surface area contributed by atoms with E-state index < -0.39 is 0 Å². The summed E-state index contributed by atoms with van der Waals surface area (Å²) in [5.41, 5.74) is 0. The highest BCUT2D eigenvalue weighted by molar-refractivity contribution is 5.33. The molecule has 0 aliphatic rings. The van der Waals surface area contributed by atoms with Gasteiger partial charge in [-0.3, -0.25) is 0 Å². The van der Waals surface area contributed by atoms with Crippen molar-refractivity contribution in [1.29, 1.82) is 0 Å². The first kappa shape index (κ1) is 14.9. The van der Waals surface area contributed by atoms with Crippen molar-refractivity contribution in [2.24, 2.45) is 0 Å². The Morgan fingerprint density at radius 1 is 1.00 bits per heavy atom. The van der Waals surface area contributed by atoms with E-state index in [-0.39, 0.29) is 5.82 Å². The molecule has 0 unspecified atom stereocenters. The summed E-state index contributed by atoms with van der Waals surface area (Å²) in [7, 11) is 0. The molecule has 0 aliphatic carbocycles. The highest BCUT2D eigenvalue weighted by atomic mass is 19.1. The molecule has 0 saturated heterocycles. The molecular formula is C15H25FN2. The van der Waals surface area contributed by atoms with Gasteiger partial charge < -0.3 is 5.32 Å². The van der Waals surface area contributed by atoms with E-state index in [2.05, 4.69) is 17.2 Å². The smallest absolute Gasteiger partial charge is 0.141 e. The van der Waals surface area contributed by atoms with Gasteiger partial charge in [-0.05, 0) is 18.6 Å². The van der Waals surface area contributed by atoms with Gasteiger partial charge in [0, 0.05) is 6.54 Å². The maximum Gasteiger partial charge on any atom is 0.141 e. The van der Waals surface area contributed by atoms with E-state index in [1.807, 2.05) is 0 Å². The molecular weight excluding hydrogens is 227 g/mol. The number of anilines is 1. The molecule has 1 heterocycles. The Kier molecular flexibility index (Phi) is 8.19. The average Bonchev–Trinajstić information content (AvgIpc) is 2.39. The number of halogens is 1. The van der Waals surface area contributed by atoms with E-state index in [1.165, 1.54) is 57.2 Å². The van der Waals surface area contributed by atoms with Crippen LogP contribution in [0, 0.1) is 5.82 Å². The summed E-state index contributed by atoms with van der Waals surface area (Å²) in [4.78, 5) is 3.96. The first-order valence-corrected chi connectivity index (χ1v) is 7.18. The van der Waals surface area contributed by atoms with E-state index in [4.69, 9.17) is 0 Å². The topological polar surface area (TPSA) is 24.9 Å². The molecule has 1 rings (SSSR count). The highest BCUT2D eigenvalue weighted by Gasteiger charge is 1.95. The molecule has 0 radical (unpaired) electrons. The van der Waals surface area contributed by atoms with Crippen molar-refractivity contribution in [1.82, 2.24) is 4.98 Å². The minimum atomic E-state index is -0.285. The van der Waals surface area contributed by atoms with Crippen LogP contribution in [-0.2, 0) is 0 Å². The molecule has 102 valence electrons. The van der Waals surface area contributed by atoms with Crippen LogP contribution in [0.1, 0.15) is 58.3 Å². The summed E-state index contributed by atoms with van der Waals surface area (Å²) in [5.74, 6) is 0.479. The minimum absolute atomic E-state index is 0.285. The third kappa shape index (κ3) is 7.25. The van der Waals surface area contributed by atoms with Crippen molar-refractivity contribution in [3.05, 3.63) is 24.1 Å². The molecule has 3 heteroatoms. The lowest BCUT2D eigenvalue weighted by Crippen LogP contribution is -2.03. The lowest BCUT2D eigenvalue weighted by atomic mass is 10.1. The second kappa shape index (κ2) is 9.86. The van der Waals surface area contributed by atoms with Gasteiger partial charge in [-0.25, -0.2) is 9.37 Å². The second-order valence-electron chi connectivity index (χ2n) is 4.76. The Morgan fingerprint density at radius 3 is 2.28 bits per heavy atom. The normalized spacial score (nSPS) is 10.6.